The fourth-order valence-electron chi connectivity index (χ4n) is 4.35. The molecule has 0 aromatic carbocycles. The Kier molecular flexibility index (Phi) is 14.1. The molecule has 0 aromatic rings. The van der Waals surface area contributed by atoms with Gasteiger partial charge in [-0.1, -0.05) is 11.4 Å². The third-order valence-corrected chi connectivity index (χ3v) is 32.5. The maximum absolute atomic E-state index is 6.87. The molecule has 14 heteroatoms. The van der Waals surface area contributed by atoms with E-state index < -0.39 is 59.0 Å². The summed E-state index contributed by atoms with van der Waals surface area (Å²) >= 11 is 0. The third kappa shape index (κ3) is 16.0. The van der Waals surface area contributed by atoms with Gasteiger partial charge in [-0.25, -0.2) is 0 Å². The van der Waals surface area contributed by atoms with Gasteiger partial charge in [0.15, 0.2) is 41.6 Å². The van der Waals surface area contributed by atoms with Crippen LogP contribution >= 0.6 is 0 Å². The molecule has 0 heterocycles. The molecule has 1 unspecified atom stereocenters. The van der Waals surface area contributed by atoms with E-state index in [4.69, 9.17) is 30.0 Å². The lowest BCUT2D eigenvalue weighted by Gasteiger charge is -2.42. The Balaban J connectivity index is 5.60. The average molecular weight is 629 g/mol. The van der Waals surface area contributed by atoms with Crippen LogP contribution in [0.15, 0.2) is 24.6 Å². The van der Waals surface area contributed by atoms with Crippen molar-refractivity contribution < 1.29 is 30.0 Å². The van der Waals surface area contributed by atoms with Crippen molar-refractivity contribution in [2.45, 2.75) is 90.8 Å². The van der Waals surface area contributed by atoms with E-state index in [2.05, 4.69) is 91.7 Å². The van der Waals surface area contributed by atoms with Crippen molar-refractivity contribution in [1.82, 2.24) is 0 Å². The molecule has 0 amide bonds. The first kappa shape index (κ1) is 36.7. The predicted molar refractivity (Wildman–Crippen MR) is 170 cm³/mol. The quantitative estimate of drug-likeness (QED) is 0.119. The summed E-state index contributed by atoms with van der Waals surface area (Å²) < 4.78 is 44.7. The Morgan fingerprint density at radius 1 is 0.556 bits per heavy atom. The third-order valence-electron chi connectivity index (χ3n) is 5.23. The molecular formula is C22H56O7Si7. The molecular weight excluding hydrogens is 573 g/mol. The molecule has 0 aromatic heterocycles. The number of ether oxygens (including phenoxy) is 1. The van der Waals surface area contributed by atoms with E-state index in [0.29, 0.717) is 19.4 Å². The van der Waals surface area contributed by atoms with Gasteiger partial charge in [0.1, 0.15) is 0 Å². The zero-order chi connectivity index (χ0) is 28.7. The van der Waals surface area contributed by atoms with Gasteiger partial charge in [-0.15, -0.1) is 13.2 Å². The van der Waals surface area contributed by atoms with Crippen LogP contribution in [0.2, 0.25) is 90.8 Å². The molecule has 0 aliphatic rings. The summed E-state index contributed by atoms with van der Waals surface area (Å²) in [5.74, 6) is 0. The van der Waals surface area contributed by atoms with E-state index in [1.54, 1.807) is 7.11 Å². The van der Waals surface area contributed by atoms with Crippen molar-refractivity contribution in [1.29, 1.82) is 0 Å². The van der Waals surface area contributed by atoms with Crippen molar-refractivity contribution in [2.75, 3.05) is 26.6 Å². The number of hydrogen-bond donors (Lipinski definition) is 0. The van der Waals surface area contributed by atoms with Crippen LogP contribution in [0.25, 0.3) is 0 Å². The molecule has 0 aliphatic carbocycles. The molecule has 0 saturated carbocycles. The van der Waals surface area contributed by atoms with Gasteiger partial charge in [-0.3, -0.25) is 0 Å². The maximum atomic E-state index is 6.87. The van der Waals surface area contributed by atoms with Gasteiger partial charge in [0.25, 0.3) is 0 Å². The highest BCUT2D eigenvalue weighted by atomic mass is 28.5. The lowest BCUT2D eigenvalue weighted by atomic mass is 10.8. The van der Waals surface area contributed by atoms with Crippen LogP contribution in [0.1, 0.15) is 0 Å². The van der Waals surface area contributed by atoms with E-state index in [-0.39, 0.29) is 0 Å². The summed E-state index contributed by atoms with van der Waals surface area (Å²) in [5, 5.41) is 0. The molecule has 0 N–H and O–H groups in total. The van der Waals surface area contributed by atoms with Crippen LogP contribution in [-0.2, 0) is 30.0 Å². The number of hydrogen-bond acceptors (Lipinski definition) is 7. The summed E-state index contributed by atoms with van der Waals surface area (Å²) in [5.41, 5.74) is 4.93. The molecule has 36 heavy (non-hydrogen) atoms. The lowest BCUT2D eigenvalue weighted by molar-refractivity contribution is 0.0944. The average Bonchev–Trinajstić information content (AvgIpc) is 2.63. The second-order valence-electron chi connectivity index (χ2n) is 12.9. The summed E-state index contributed by atoms with van der Waals surface area (Å²) in [4.78, 5) is 0. The highest BCUT2D eigenvalue weighted by Gasteiger charge is 2.49. The van der Waals surface area contributed by atoms with E-state index in [0.717, 1.165) is 5.67 Å². The normalized spacial score (nSPS) is 16.1. The first-order valence-electron chi connectivity index (χ1n) is 12.8. The molecule has 7 nitrogen and oxygen atoms in total. The number of methoxy groups -OCH3 is 1. The minimum Gasteiger partial charge on any atom is -0.453 e. The zero-order valence-electron chi connectivity index (χ0n) is 25.8. The molecule has 0 aliphatic heterocycles. The second kappa shape index (κ2) is 13.9. The van der Waals surface area contributed by atoms with Crippen molar-refractivity contribution in [3.63, 3.8) is 0 Å². The summed E-state index contributed by atoms with van der Waals surface area (Å²) in [6, 6.07) is 0. The Hall–Kier alpha value is 0.718. The fraction of sp³-hybridized carbons (Fsp3) is 0.818. The molecule has 1 atom stereocenters. The maximum Gasteiger partial charge on any atom is 0.478 e. The van der Waals surface area contributed by atoms with Crippen molar-refractivity contribution >= 4 is 59.0 Å². The first-order valence-corrected chi connectivity index (χ1v) is 33.1. The minimum atomic E-state index is -3.03. The highest BCUT2D eigenvalue weighted by Crippen LogP contribution is 2.30. The van der Waals surface area contributed by atoms with Crippen molar-refractivity contribution in [3.8, 4) is 0 Å². The Morgan fingerprint density at radius 2 is 1.00 bits per heavy atom. The summed E-state index contributed by atoms with van der Waals surface area (Å²) in [7, 11) is -14.0. The molecule has 0 rings (SSSR count). The van der Waals surface area contributed by atoms with E-state index >= 15 is 0 Å². The van der Waals surface area contributed by atoms with Gasteiger partial charge in [0.05, 0.1) is 19.4 Å². The second-order valence-corrected chi connectivity index (χ2v) is 40.7. The molecule has 0 spiro atoms. The van der Waals surface area contributed by atoms with Gasteiger partial charge in [-0.2, -0.15) is 0 Å². The van der Waals surface area contributed by atoms with Crippen molar-refractivity contribution in [2.24, 2.45) is 0 Å². The van der Waals surface area contributed by atoms with E-state index in [1.165, 1.54) is 0 Å². The molecule has 0 fully saturated rings. The monoisotopic (exact) mass is 628 g/mol. The van der Waals surface area contributed by atoms with E-state index in [1.807, 2.05) is 17.9 Å². The molecule has 0 saturated heterocycles. The highest BCUT2D eigenvalue weighted by molar-refractivity contribution is 6.97. The molecule has 214 valence electrons. The minimum absolute atomic E-state index is 0.421. The lowest BCUT2D eigenvalue weighted by Crippen LogP contribution is -2.60. The Bertz CT molecular complexity index is 715. The van der Waals surface area contributed by atoms with Crippen LogP contribution in [0.5, 0.6) is 0 Å². The first-order chi connectivity index (χ1) is 15.9. The van der Waals surface area contributed by atoms with Crippen LogP contribution in [0.4, 0.5) is 0 Å². The van der Waals surface area contributed by atoms with Crippen molar-refractivity contribution in [3.05, 3.63) is 24.6 Å². The molecule has 0 radical (unpaired) electrons. The summed E-state index contributed by atoms with van der Waals surface area (Å²) in [6.07, 6.45) is 0.564. The van der Waals surface area contributed by atoms with Crippen LogP contribution in [-0.4, -0.2) is 85.5 Å². The van der Waals surface area contributed by atoms with Crippen LogP contribution in [0.3, 0.4) is 0 Å². The van der Waals surface area contributed by atoms with Gasteiger partial charge < -0.3 is 30.0 Å². The summed E-state index contributed by atoms with van der Waals surface area (Å²) in [6.45, 7) is 37.1. The van der Waals surface area contributed by atoms with Gasteiger partial charge in [-0.05, 0) is 84.2 Å². The molecule has 0 bridgehead atoms. The topological polar surface area (TPSA) is 64.6 Å². The SMILES string of the molecule is C=C[Si](C)(C)O[Si](C)(C)CO[Si](C)(C)O[Si](C)(OCCOC)O[Si](C)(C)C[Si](C)(C)O[Si](C)(C)C=C. The van der Waals surface area contributed by atoms with Gasteiger partial charge >= 0.3 is 17.4 Å². The number of rotatable bonds is 19. The van der Waals surface area contributed by atoms with Crippen LogP contribution < -0.4 is 0 Å². The van der Waals surface area contributed by atoms with Gasteiger partial charge in [0.2, 0.25) is 0 Å². The standard InChI is InChI=1S/C22H56O7Si7/c1-17-30(4,5)26-32(8,9)21-25-35(14,15)29-36(16,24-20-19-23-3)28-34(12,13)22-33(10,11)27-31(6,7)18-2/h17-18H,1-2,19-22H2,3-16H3. The smallest absolute Gasteiger partial charge is 0.453 e. The predicted octanol–water partition coefficient (Wildman–Crippen LogP) is 6.56. The van der Waals surface area contributed by atoms with Gasteiger partial charge in [0, 0.05) is 13.7 Å². The fourth-order valence-corrected chi connectivity index (χ4v) is 38.8. The Labute approximate surface area is 230 Å². The Morgan fingerprint density at radius 3 is 1.44 bits per heavy atom. The zero-order valence-corrected chi connectivity index (χ0v) is 32.8. The van der Waals surface area contributed by atoms with E-state index in [9.17, 15) is 0 Å². The van der Waals surface area contributed by atoms with Crippen LogP contribution in [0, 0.1) is 0 Å². The largest absolute Gasteiger partial charge is 0.478 e.